The molecule has 0 radical (unpaired) electrons. The summed E-state index contributed by atoms with van der Waals surface area (Å²) >= 11 is 1.25. The second-order valence-electron chi connectivity index (χ2n) is 4.25. The van der Waals surface area contributed by atoms with Crippen LogP contribution in [0.25, 0.3) is 0 Å². The Labute approximate surface area is 126 Å². The summed E-state index contributed by atoms with van der Waals surface area (Å²) in [5, 5.41) is 7.55. The van der Waals surface area contributed by atoms with Crippen molar-refractivity contribution in [2.24, 2.45) is 0 Å². The van der Waals surface area contributed by atoms with Crippen LogP contribution in [0.3, 0.4) is 0 Å². The summed E-state index contributed by atoms with van der Waals surface area (Å²) in [6.45, 7) is 1.79. The Morgan fingerprint density at radius 3 is 2.90 bits per heavy atom. The molecular formula is C15H13N3O2S. The molecular weight excluding hydrogens is 286 g/mol. The van der Waals surface area contributed by atoms with Gasteiger partial charge in [0.1, 0.15) is 5.69 Å². The molecule has 0 atom stereocenters. The molecule has 1 heterocycles. The molecule has 0 aliphatic carbocycles. The molecule has 0 aliphatic heterocycles. The minimum Gasteiger partial charge on any atom is -0.347 e. The van der Waals surface area contributed by atoms with Gasteiger partial charge in [0.05, 0.1) is 0 Å². The molecule has 2 aromatic rings. The normalized spacial score (nSPS) is 9.71. The predicted octanol–water partition coefficient (Wildman–Crippen LogP) is 2.01. The van der Waals surface area contributed by atoms with Crippen LogP contribution in [0.1, 0.15) is 28.0 Å². The third-order valence-electron chi connectivity index (χ3n) is 2.56. The Hall–Kier alpha value is -2.65. The van der Waals surface area contributed by atoms with E-state index in [1.165, 1.54) is 18.3 Å². The molecule has 2 rings (SSSR count). The highest BCUT2D eigenvalue weighted by molar-refractivity contribution is 7.10. The maximum Gasteiger partial charge on any atom is 0.271 e. The fourth-order valence-corrected chi connectivity index (χ4v) is 2.28. The Kier molecular flexibility index (Phi) is 4.69. The number of amides is 2. The van der Waals surface area contributed by atoms with E-state index in [-0.39, 0.29) is 11.8 Å². The lowest BCUT2D eigenvalue weighted by Crippen LogP contribution is -2.23. The van der Waals surface area contributed by atoms with Crippen LogP contribution < -0.4 is 10.6 Å². The molecule has 2 amide bonds. The monoisotopic (exact) mass is 299 g/mol. The number of hydrogen-bond donors (Lipinski definition) is 2. The van der Waals surface area contributed by atoms with E-state index in [0.29, 0.717) is 22.9 Å². The van der Waals surface area contributed by atoms with Crippen LogP contribution >= 0.6 is 11.3 Å². The Balaban J connectivity index is 1.98. The van der Waals surface area contributed by atoms with E-state index in [4.69, 9.17) is 6.42 Å². The first-order chi connectivity index (χ1) is 10.1. The van der Waals surface area contributed by atoms with Crippen molar-refractivity contribution < 1.29 is 9.59 Å². The van der Waals surface area contributed by atoms with E-state index in [2.05, 4.69) is 21.5 Å². The third-order valence-corrected chi connectivity index (χ3v) is 3.33. The Bertz CT molecular complexity index is 716. The molecule has 0 saturated carbocycles. The average molecular weight is 299 g/mol. The van der Waals surface area contributed by atoms with Crippen molar-refractivity contribution in [3.05, 3.63) is 45.9 Å². The van der Waals surface area contributed by atoms with Gasteiger partial charge in [0.2, 0.25) is 5.91 Å². The maximum atomic E-state index is 11.9. The summed E-state index contributed by atoms with van der Waals surface area (Å²) in [5.41, 5.74) is 1.88. The minimum absolute atomic E-state index is 0.138. The van der Waals surface area contributed by atoms with E-state index in [9.17, 15) is 9.59 Å². The molecule has 0 unspecified atom stereocenters. The lowest BCUT2D eigenvalue weighted by Gasteiger charge is -2.06. The number of nitrogens with zero attached hydrogens (tertiary/aromatic N) is 1. The second kappa shape index (κ2) is 6.68. The van der Waals surface area contributed by atoms with Crippen molar-refractivity contribution in [2.75, 3.05) is 5.32 Å². The molecule has 0 fully saturated rings. The summed E-state index contributed by atoms with van der Waals surface area (Å²) in [6.07, 6.45) is 5.22. The molecule has 106 valence electrons. The van der Waals surface area contributed by atoms with Crippen LogP contribution in [0.15, 0.2) is 29.6 Å². The number of carbonyl (C=O) groups excluding carboxylic acids is 2. The van der Waals surface area contributed by atoms with Crippen molar-refractivity contribution in [2.45, 2.75) is 13.5 Å². The fraction of sp³-hybridized carbons (Fsp3) is 0.133. The van der Waals surface area contributed by atoms with Gasteiger partial charge in [-0.25, -0.2) is 4.98 Å². The zero-order chi connectivity index (χ0) is 15.2. The number of carbonyl (C=O) groups is 2. The number of hydrogen-bond acceptors (Lipinski definition) is 4. The smallest absolute Gasteiger partial charge is 0.271 e. The van der Waals surface area contributed by atoms with Gasteiger partial charge in [0.25, 0.3) is 5.91 Å². The molecule has 1 aromatic carbocycles. The first kappa shape index (κ1) is 14.8. The number of benzene rings is 1. The van der Waals surface area contributed by atoms with E-state index in [1.807, 2.05) is 12.1 Å². The standard InChI is InChI=1S/C15H13N3O2S/c1-3-14-18-13(9-21-14)15(20)16-8-11-5-4-6-12(7-11)17-10(2)19/h1,4-7,9H,8H2,2H3,(H,16,20)(H,17,19). The molecule has 21 heavy (non-hydrogen) atoms. The van der Waals surface area contributed by atoms with Crippen LogP contribution in [0.2, 0.25) is 0 Å². The molecule has 1 aromatic heterocycles. The quantitative estimate of drug-likeness (QED) is 0.848. The minimum atomic E-state index is -0.280. The van der Waals surface area contributed by atoms with Gasteiger partial charge in [-0.2, -0.15) is 0 Å². The summed E-state index contributed by atoms with van der Waals surface area (Å²) in [6, 6.07) is 7.26. The van der Waals surface area contributed by atoms with Crippen molar-refractivity contribution in [3.63, 3.8) is 0 Å². The van der Waals surface area contributed by atoms with E-state index >= 15 is 0 Å². The van der Waals surface area contributed by atoms with Gasteiger partial charge in [-0.15, -0.1) is 17.8 Å². The molecule has 0 bridgehead atoms. The molecule has 0 aliphatic rings. The fourth-order valence-electron chi connectivity index (χ4n) is 1.68. The summed E-state index contributed by atoms with van der Waals surface area (Å²) in [7, 11) is 0. The van der Waals surface area contributed by atoms with Gasteiger partial charge in [-0.3, -0.25) is 9.59 Å². The lowest BCUT2D eigenvalue weighted by molar-refractivity contribution is -0.114. The third kappa shape index (κ3) is 4.16. The predicted molar refractivity (Wildman–Crippen MR) is 82.0 cm³/mol. The maximum absolute atomic E-state index is 11.9. The molecule has 0 spiro atoms. The summed E-state index contributed by atoms with van der Waals surface area (Å²) in [4.78, 5) is 26.9. The molecule has 0 saturated heterocycles. The van der Waals surface area contributed by atoms with Crippen molar-refractivity contribution in [3.8, 4) is 12.3 Å². The number of anilines is 1. The first-order valence-corrected chi connectivity index (χ1v) is 7.03. The second-order valence-corrected chi connectivity index (χ2v) is 5.10. The number of terminal acetylenes is 1. The summed E-state index contributed by atoms with van der Waals surface area (Å²) in [5.74, 6) is 1.97. The largest absolute Gasteiger partial charge is 0.347 e. The van der Waals surface area contributed by atoms with Crippen molar-refractivity contribution >= 4 is 28.8 Å². The van der Waals surface area contributed by atoms with Gasteiger partial charge in [0, 0.05) is 24.5 Å². The molecule has 6 heteroatoms. The highest BCUT2D eigenvalue weighted by Gasteiger charge is 2.09. The van der Waals surface area contributed by atoms with Crippen LogP contribution in [-0.4, -0.2) is 16.8 Å². The van der Waals surface area contributed by atoms with Crippen molar-refractivity contribution in [1.29, 1.82) is 0 Å². The highest BCUT2D eigenvalue weighted by Crippen LogP contribution is 2.11. The van der Waals surface area contributed by atoms with Crippen LogP contribution in [0.4, 0.5) is 5.69 Å². The number of rotatable bonds is 4. The van der Waals surface area contributed by atoms with E-state index in [1.54, 1.807) is 17.5 Å². The van der Waals surface area contributed by atoms with Gasteiger partial charge in [-0.1, -0.05) is 12.1 Å². The highest BCUT2D eigenvalue weighted by atomic mass is 32.1. The van der Waals surface area contributed by atoms with Gasteiger partial charge < -0.3 is 10.6 Å². The SMILES string of the molecule is C#Cc1nc(C(=O)NCc2cccc(NC(C)=O)c2)cs1. The first-order valence-electron chi connectivity index (χ1n) is 6.15. The Morgan fingerprint density at radius 2 is 2.24 bits per heavy atom. The van der Waals surface area contributed by atoms with E-state index < -0.39 is 0 Å². The van der Waals surface area contributed by atoms with Gasteiger partial charge in [-0.05, 0) is 23.6 Å². The topological polar surface area (TPSA) is 71.1 Å². The van der Waals surface area contributed by atoms with Crippen LogP contribution in [0, 0.1) is 12.3 Å². The van der Waals surface area contributed by atoms with Gasteiger partial charge >= 0.3 is 0 Å². The van der Waals surface area contributed by atoms with Crippen LogP contribution in [-0.2, 0) is 11.3 Å². The van der Waals surface area contributed by atoms with Crippen molar-refractivity contribution in [1.82, 2.24) is 10.3 Å². The zero-order valence-corrected chi connectivity index (χ0v) is 12.2. The zero-order valence-electron chi connectivity index (χ0n) is 11.3. The molecule has 5 nitrogen and oxygen atoms in total. The van der Waals surface area contributed by atoms with Gasteiger partial charge in [0.15, 0.2) is 5.01 Å². The van der Waals surface area contributed by atoms with E-state index in [0.717, 1.165) is 5.56 Å². The Morgan fingerprint density at radius 1 is 1.43 bits per heavy atom. The number of thiazole rings is 1. The average Bonchev–Trinajstić information content (AvgIpc) is 2.93. The molecule has 2 N–H and O–H groups in total. The van der Waals surface area contributed by atoms with Crippen LogP contribution in [0.5, 0.6) is 0 Å². The number of nitrogens with one attached hydrogen (secondary N) is 2. The number of aromatic nitrogens is 1. The summed E-state index contributed by atoms with van der Waals surface area (Å²) < 4.78 is 0. The lowest BCUT2D eigenvalue weighted by atomic mass is 10.2.